The molecule has 0 bridgehead atoms. The molecule has 4 rings (SSSR count). The van der Waals surface area contributed by atoms with Crippen LogP contribution in [0.15, 0.2) is 41.8 Å². The molecule has 1 atom stereocenters. The van der Waals surface area contributed by atoms with Gasteiger partial charge in [0, 0.05) is 23.8 Å². The van der Waals surface area contributed by atoms with Gasteiger partial charge in [0.25, 0.3) is 0 Å². The van der Waals surface area contributed by atoms with E-state index >= 15 is 0 Å². The van der Waals surface area contributed by atoms with Gasteiger partial charge in [-0.3, -0.25) is 0 Å². The molecule has 0 aliphatic heterocycles. The molecule has 108 valence electrons. The zero-order chi connectivity index (χ0) is 14.4. The Balaban J connectivity index is 1.74. The smallest absolute Gasteiger partial charge is 0.123 e. The molecule has 0 radical (unpaired) electrons. The highest BCUT2D eigenvalue weighted by Gasteiger charge is 2.51. The maximum atomic E-state index is 6.20. The van der Waals surface area contributed by atoms with E-state index in [4.69, 9.17) is 28.2 Å². The molecule has 2 aromatic heterocycles. The number of aromatic nitrogens is 2. The number of para-hydroxylation sites is 2. The minimum absolute atomic E-state index is 0.320. The van der Waals surface area contributed by atoms with Crippen LogP contribution in [0.4, 0.5) is 0 Å². The van der Waals surface area contributed by atoms with Gasteiger partial charge in [0.2, 0.25) is 0 Å². The van der Waals surface area contributed by atoms with Gasteiger partial charge in [0.15, 0.2) is 0 Å². The second-order valence-electron chi connectivity index (χ2n) is 5.55. The second-order valence-corrected chi connectivity index (χ2v) is 8.12. The van der Waals surface area contributed by atoms with Crippen molar-refractivity contribution < 1.29 is 0 Å². The molecule has 2 heterocycles. The number of rotatable bonds is 4. The average Bonchev–Trinajstić information content (AvgIpc) is 2.87. The first-order valence-electron chi connectivity index (χ1n) is 6.98. The number of imidazole rings is 1. The molecule has 0 N–H and O–H groups in total. The molecule has 21 heavy (non-hydrogen) atoms. The van der Waals surface area contributed by atoms with Crippen LogP contribution in [-0.4, -0.2) is 13.9 Å². The van der Waals surface area contributed by atoms with E-state index in [2.05, 4.69) is 40.3 Å². The molecular formula is C16H14Cl2N2S. The highest BCUT2D eigenvalue weighted by Crippen LogP contribution is 2.54. The third kappa shape index (κ3) is 2.59. The maximum absolute atomic E-state index is 6.20. The van der Waals surface area contributed by atoms with Gasteiger partial charge >= 0.3 is 0 Å². The topological polar surface area (TPSA) is 17.8 Å². The van der Waals surface area contributed by atoms with Gasteiger partial charge in [0.05, 0.1) is 11.0 Å². The highest BCUT2D eigenvalue weighted by atomic mass is 35.5. The summed E-state index contributed by atoms with van der Waals surface area (Å²) in [4.78, 5) is 6.12. The predicted molar refractivity (Wildman–Crippen MR) is 89.4 cm³/mol. The molecular weight excluding hydrogens is 323 g/mol. The minimum Gasteiger partial charge on any atom is -0.327 e. The van der Waals surface area contributed by atoms with Crippen molar-refractivity contribution in [2.75, 3.05) is 0 Å². The van der Waals surface area contributed by atoms with Crippen molar-refractivity contribution in [2.24, 2.45) is 5.92 Å². The summed E-state index contributed by atoms with van der Waals surface area (Å²) in [6, 6.07) is 12.5. The molecule has 1 saturated carbocycles. The van der Waals surface area contributed by atoms with E-state index < -0.39 is 4.33 Å². The van der Waals surface area contributed by atoms with E-state index in [0.29, 0.717) is 5.92 Å². The van der Waals surface area contributed by atoms with Gasteiger partial charge < -0.3 is 4.57 Å². The molecule has 0 amide bonds. The predicted octanol–water partition coefficient (Wildman–Crippen LogP) is 4.88. The Hall–Kier alpha value is -1.03. The first kappa shape index (κ1) is 13.6. The fourth-order valence-electron chi connectivity index (χ4n) is 2.72. The van der Waals surface area contributed by atoms with Gasteiger partial charge in [-0.25, -0.2) is 4.98 Å². The number of hydrogen-bond donors (Lipinski definition) is 0. The van der Waals surface area contributed by atoms with Crippen LogP contribution in [0.1, 0.15) is 17.1 Å². The Morgan fingerprint density at radius 1 is 1.24 bits per heavy atom. The summed E-state index contributed by atoms with van der Waals surface area (Å²) in [5, 5.41) is 2.10. The lowest BCUT2D eigenvalue weighted by Gasteiger charge is -2.09. The maximum Gasteiger partial charge on any atom is 0.123 e. The SMILES string of the molecule is ClC1(Cl)C[C@H]1Cn1c(Cc2cccs2)nc2ccccc21. The van der Waals surface area contributed by atoms with Gasteiger partial charge in [-0.05, 0) is 30.0 Å². The van der Waals surface area contributed by atoms with Gasteiger partial charge in [-0.1, -0.05) is 18.2 Å². The number of alkyl halides is 2. The molecule has 5 heteroatoms. The Bertz CT molecular complexity index is 777. The van der Waals surface area contributed by atoms with Crippen LogP contribution in [0.3, 0.4) is 0 Å². The zero-order valence-electron chi connectivity index (χ0n) is 11.3. The Labute approximate surface area is 137 Å². The molecule has 0 unspecified atom stereocenters. The number of halogens is 2. The molecule has 1 fully saturated rings. The molecule has 0 saturated heterocycles. The largest absolute Gasteiger partial charge is 0.327 e. The van der Waals surface area contributed by atoms with Crippen LogP contribution in [0.2, 0.25) is 0 Å². The van der Waals surface area contributed by atoms with Crippen LogP contribution in [0.25, 0.3) is 11.0 Å². The van der Waals surface area contributed by atoms with Gasteiger partial charge in [0.1, 0.15) is 10.2 Å². The lowest BCUT2D eigenvalue weighted by molar-refractivity contribution is 0.613. The molecule has 1 aliphatic carbocycles. The van der Waals surface area contributed by atoms with Crippen molar-refractivity contribution in [3.63, 3.8) is 0 Å². The summed E-state index contributed by atoms with van der Waals surface area (Å²) in [5.41, 5.74) is 2.21. The lowest BCUT2D eigenvalue weighted by Crippen LogP contribution is -2.08. The summed E-state index contributed by atoms with van der Waals surface area (Å²) in [7, 11) is 0. The molecule has 1 aromatic carbocycles. The van der Waals surface area contributed by atoms with E-state index in [1.807, 2.05) is 6.07 Å². The van der Waals surface area contributed by atoms with E-state index in [1.54, 1.807) is 11.3 Å². The molecule has 3 aromatic rings. The van der Waals surface area contributed by atoms with Gasteiger partial charge in [-0.15, -0.1) is 34.5 Å². The number of thiophene rings is 1. The quantitative estimate of drug-likeness (QED) is 0.620. The van der Waals surface area contributed by atoms with Gasteiger partial charge in [-0.2, -0.15) is 0 Å². The lowest BCUT2D eigenvalue weighted by atomic mass is 10.3. The first-order chi connectivity index (χ1) is 10.1. The van der Waals surface area contributed by atoms with Crippen molar-refractivity contribution >= 4 is 45.6 Å². The van der Waals surface area contributed by atoms with E-state index in [9.17, 15) is 0 Å². The monoisotopic (exact) mass is 336 g/mol. The van der Waals surface area contributed by atoms with E-state index in [1.165, 1.54) is 10.4 Å². The summed E-state index contributed by atoms with van der Waals surface area (Å²) in [5.74, 6) is 1.41. The van der Waals surface area contributed by atoms with Crippen molar-refractivity contribution in [1.82, 2.24) is 9.55 Å². The number of hydrogen-bond acceptors (Lipinski definition) is 2. The molecule has 2 nitrogen and oxygen atoms in total. The fourth-order valence-corrected chi connectivity index (χ4v) is 3.93. The van der Waals surface area contributed by atoms with Crippen molar-refractivity contribution in [3.05, 3.63) is 52.5 Å². The molecule has 1 aliphatic rings. The third-order valence-corrected chi connectivity index (χ3v) is 5.81. The summed E-state index contributed by atoms with van der Waals surface area (Å²) in [6.45, 7) is 0.841. The van der Waals surface area contributed by atoms with Crippen LogP contribution in [0, 0.1) is 5.92 Å². The van der Waals surface area contributed by atoms with E-state index in [0.717, 1.165) is 30.7 Å². The van der Waals surface area contributed by atoms with Crippen molar-refractivity contribution in [2.45, 2.75) is 23.7 Å². The van der Waals surface area contributed by atoms with Crippen LogP contribution in [-0.2, 0) is 13.0 Å². The average molecular weight is 337 g/mol. The van der Waals surface area contributed by atoms with Crippen LogP contribution >= 0.6 is 34.5 Å². The standard InChI is InChI=1S/C16H14Cl2N2S/c17-16(18)9-11(16)10-20-14-6-2-1-5-13(14)19-15(20)8-12-4-3-7-21-12/h1-7,11H,8-10H2/t11-/m0/s1. The number of fused-ring (bicyclic) bond motifs is 1. The Kier molecular flexibility index (Phi) is 3.25. The van der Waals surface area contributed by atoms with Crippen molar-refractivity contribution in [1.29, 1.82) is 0 Å². The number of benzene rings is 1. The Morgan fingerprint density at radius 2 is 2.05 bits per heavy atom. The summed E-state index contributed by atoms with van der Waals surface area (Å²) >= 11 is 14.2. The van der Waals surface area contributed by atoms with Crippen LogP contribution < -0.4 is 0 Å². The summed E-state index contributed by atoms with van der Waals surface area (Å²) < 4.78 is 1.73. The minimum atomic E-state index is -0.550. The highest BCUT2D eigenvalue weighted by molar-refractivity contribution is 7.09. The Morgan fingerprint density at radius 3 is 2.76 bits per heavy atom. The normalized spacial score (nSPS) is 20.0. The first-order valence-corrected chi connectivity index (χ1v) is 8.61. The zero-order valence-corrected chi connectivity index (χ0v) is 13.6. The second kappa shape index (κ2) is 5.01. The van der Waals surface area contributed by atoms with Crippen LogP contribution in [0.5, 0.6) is 0 Å². The third-order valence-electron chi connectivity index (χ3n) is 4.00. The number of nitrogens with zero attached hydrogens (tertiary/aromatic N) is 2. The summed E-state index contributed by atoms with van der Waals surface area (Å²) in [6.07, 6.45) is 1.72. The van der Waals surface area contributed by atoms with Crippen molar-refractivity contribution in [3.8, 4) is 0 Å². The molecule has 0 spiro atoms. The fraction of sp³-hybridized carbons (Fsp3) is 0.312. The van der Waals surface area contributed by atoms with E-state index in [-0.39, 0.29) is 0 Å².